The summed E-state index contributed by atoms with van der Waals surface area (Å²) in [7, 11) is 0. The molecule has 0 unspecified atom stereocenters. The molecular formula is C22H20ClNO4. The molecule has 2 aromatic carbocycles. The van der Waals surface area contributed by atoms with E-state index in [1.807, 2.05) is 6.07 Å². The average molecular weight is 398 g/mol. The molecule has 2 aromatic rings. The lowest BCUT2D eigenvalue weighted by Crippen LogP contribution is -2.31. The van der Waals surface area contributed by atoms with Gasteiger partial charge in [-0.1, -0.05) is 48.7 Å². The molecule has 1 aliphatic heterocycles. The SMILES string of the molecule is O=C(OCc1ccccc1Cl)c1cccc(N2C(=O)[C@@H]3CCCC[C@H]3C2=O)c1. The quantitative estimate of drug-likeness (QED) is 0.567. The van der Waals surface area contributed by atoms with E-state index in [0.717, 1.165) is 25.7 Å². The Bertz CT molecular complexity index is 918. The number of nitrogens with zero attached hydrogens (tertiary/aromatic N) is 1. The summed E-state index contributed by atoms with van der Waals surface area (Å²) in [5, 5.41) is 0.528. The van der Waals surface area contributed by atoms with Gasteiger partial charge in [0.25, 0.3) is 0 Å². The van der Waals surface area contributed by atoms with Gasteiger partial charge in [-0.25, -0.2) is 4.79 Å². The van der Waals surface area contributed by atoms with Gasteiger partial charge in [0.1, 0.15) is 6.61 Å². The fourth-order valence-electron chi connectivity index (χ4n) is 4.03. The topological polar surface area (TPSA) is 63.7 Å². The van der Waals surface area contributed by atoms with E-state index in [-0.39, 0.29) is 30.3 Å². The van der Waals surface area contributed by atoms with E-state index in [0.29, 0.717) is 21.8 Å². The van der Waals surface area contributed by atoms with Crippen LogP contribution < -0.4 is 4.90 Å². The molecule has 0 N–H and O–H groups in total. The Morgan fingerprint density at radius 2 is 1.68 bits per heavy atom. The lowest BCUT2D eigenvalue weighted by Gasteiger charge is -2.19. The molecule has 6 heteroatoms. The van der Waals surface area contributed by atoms with Gasteiger partial charge in [-0.15, -0.1) is 0 Å². The predicted octanol–water partition coefficient (Wildman–Crippen LogP) is 4.38. The highest BCUT2D eigenvalue weighted by atomic mass is 35.5. The summed E-state index contributed by atoms with van der Waals surface area (Å²) in [4.78, 5) is 39.2. The molecule has 2 atom stereocenters. The van der Waals surface area contributed by atoms with E-state index >= 15 is 0 Å². The van der Waals surface area contributed by atoms with Crippen molar-refractivity contribution in [2.75, 3.05) is 4.90 Å². The molecule has 4 rings (SSSR count). The summed E-state index contributed by atoms with van der Waals surface area (Å²) in [5.41, 5.74) is 1.43. The molecule has 1 saturated heterocycles. The largest absolute Gasteiger partial charge is 0.457 e. The van der Waals surface area contributed by atoms with Gasteiger partial charge in [0, 0.05) is 10.6 Å². The fraction of sp³-hybridized carbons (Fsp3) is 0.318. The highest BCUT2D eigenvalue weighted by molar-refractivity contribution is 6.31. The number of carbonyl (C=O) groups excluding carboxylic acids is 3. The molecule has 1 heterocycles. The molecule has 5 nitrogen and oxygen atoms in total. The fourth-order valence-corrected chi connectivity index (χ4v) is 4.22. The van der Waals surface area contributed by atoms with Crippen molar-refractivity contribution in [1.29, 1.82) is 0 Å². The summed E-state index contributed by atoms with van der Waals surface area (Å²) in [6, 6.07) is 13.6. The second kappa shape index (κ2) is 7.76. The summed E-state index contributed by atoms with van der Waals surface area (Å²) in [5.74, 6) is -1.29. The molecule has 2 amide bonds. The van der Waals surface area contributed by atoms with Crippen molar-refractivity contribution in [2.45, 2.75) is 32.3 Å². The van der Waals surface area contributed by atoms with Gasteiger partial charge in [-0.05, 0) is 37.1 Å². The zero-order valence-electron chi connectivity index (χ0n) is 15.3. The molecular weight excluding hydrogens is 378 g/mol. The maximum absolute atomic E-state index is 12.8. The van der Waals surface area contributed by atoms with Crippen LogP contribution in [0.1, 0.15) is 41.6 Å². The average Bonchev–Trinajstić information content (AvgIpc) is 2.98. The van der Waals surface area contributed by atoms with Gasteiger partial charge >= 0.3 is 5.97 Å². The van der Waals surface area contributed by atoms with Crippen LogP contribution in [0.2, 0.25) is 5.02 Å². The number of halogens is 1. The minimum Gasteiger partial charge on any atom is -0.457 e. The van der Waals surface area contributed by atoms with Crippen molar-refractivity contribution in [2.24, 2.45) is 11.8 Å². The number of hydrogen-bond acceptors (Lipinski definition) is 4. The Balaban J connectivity index is 1.51. The molecule has 2 fully saturated rings. The summed E-state index contributed by atoms with van der Waals surface area (Å²) < 4.78 is 5.35. The monoisotopic (exact) mass is 397 g/mol. The summed E-state index contributed by atoms with van der Waals surface area (Å²) in [6.07, 6.45) is 3.46. The van der Waals surface area contributed by atoms with Crippen molar-refractivity contribution in [3.05, 3.63) is 64.7 Å². The molecule has 1 saturated carbocycles. The molecule has 144 valence electrons. The van der Waals surface area contributed by atoms with E-state index in [9.17, 15) is 14.4 Å². The Labute approximate surface area is 168 Å². The minimum absolute atomic E-state index is 0.0501. The molecule has 0 radical (unpaired) electrons. The van der Waals surface area contributed by atoms with Crippen molar-refractivity contribution in [1.82, 2.24) is 0 Å². The number of amides is 2. The van der Waals surface area contributed by atoms with Crippen molar-refractivity contribution in [3.63, 3.8) is 0 Å². The van der Waals surface area contributed by atoms with Crippen LogP contribution in [-0.2, 0) is 20.9 Å². The summed E-state index contributed by atoms with van der Waals surface area (Å²) in [6.45, 7) is 0.0501. The third-order valence-corrected chi connectivity index (χ3v) is 5.87. The van der Waals surface area contributed by atoms with Gasteiger partial charge < -0.3 is 4.74 Å². The Morgan fingerprint density at radius 1 is 1.00 bits per heavy atom. The molecule has 0 spiro atoms. The van der Waals surface area contributed by atoms with Crippen LogP contribution in [0, 0.1) is 11.8 Å². The van der Waals surface area contributed by atoms with Gasteiger partial charge in [-0.3, -0.25) is 14.5 Å². The number of anilines is 1. The number of esters is 1. The van der Waals surface area contributed by atoms with Crippen LogP contribution in [0.5, 0.6) is 0 Å². The molecule has 1 aliphatic carbocycles. The summed E-state index contributed by atoms with van der Waals surface area (Å²) >= 11 is 6.08. The van der Waals surface area contributed by atoms with E-state index in [1.165, 1.54) is 4.90 Å². The Kier molecular flexibility index (Phi) is 5.18. The molecule has 0 bridgehead atoms. The first-order valence-electron chi connectivity index (χ1n) is 9.44. The highest BCUT2D eigenvalue weighted by Crippen LogP contribution is 2.40. The standard InChI is InChI=1S/C22H20ClNO4/c23-19-11-4-1-6-15(19)13-28-22(27)14-7-5-8-16(12-14)24-20(25)17-9-2-3-10-18(17)21(24)26/h1,4-8,11-12,17-18H,2-3,9-10,13H2/t17-,18-/m1/s1. The molecule has 28 heavy (non-hydrogen) atoms. The van der Waals surface area contributed by atoms with E-state index in [2.05, 4.69) is 0 Å². The van der Waals surface area contributed by atoms with Crippen LogP contribution in [0.25, 0.3) is 0 Å². The Hall–Kier alpha value is -2.66. The highest BCUT2D eigenvalue weighted by Gasteiger charge is 2.48. The van der Waals surface area contributed by atoms with Crippen LogP contribution in [0.3, 0.4) is 0 Å². The number of fused-ring (bicyclic) bond motifs is 1. The molecule has 0 aromatic heterocycles. The van der Waals surface area contributed by atoms with Crippen LogP contribution >= 0.6 is 11.6 Å². The van der Waals surface area contributed by atoms with E-state index < -0.39 is 5.97 Å². The van der Waals surface area contributed by atoms with Crippen LogP contribution in [0.15, 0.2) is 48.5 Å². The minimum atomic E-state index is -0.529. The number of ether oxygens (including phenoxy) is 1. The lowest BCUT2D eigenvalue weighted by atomic mass is 9.81. The number of hydrogen-bond donors (Lipinski definition) is 0. The Morgan fingerprint density at radius 3 is 2.36 bits per heavy atom. The lowest BCUT2D eigenvalue weighted by molar-refractivity contribution is -0.122. The van der Waals surface area contributed by atoms with Gasteiger partial charge in [0.15, 0.2) is 0 Å². The first-order chi connectivity index (χ1) is 13.6. The maximum Gasteiger partial charge on any atom is 0.338 e. The number of rotatable bonds is 4. The van der Waals surface area contributed by atoms with Gasteiger partial charge in [0.2, 0.25) is 11.8 Å². The van der Waals surface area contributed by atoms with Crippen molar-refractivity contribution >= 4 is 35.1 Å². The van der Waals surface area contributed by atoms with Crippen molar-refractivity contribution < 1.29 is 19.1 Å². The third kappa shape index (κ3) is 3.42. The number of benzene rings is 2. The zero-order valence-corrected chi connectivity index (χ0v) is 16.0. The molecule has 2 aliphatic rings. The first-order valence-corrected chi connectivity index (χ1v) is 9.82. The number of carbonyl (C=O) groups is 3. The smallest absolute Gasteiger partial charge is 0.338 e. The zero-order chi connectivity index (χ0) is 19.7. The number of imide groups is 1. The van der Waals surface area contributed by atoms with E-state index in [4.69, 9.17) is 16.3 Å². The van der Waals surface area contributed by atoms with Gasteiger partial charge in [-0.2, -0.15) is 0 Å². The predicted molar refractivity (Wildman–Crippen MR) is 105 cm³/mol. The second-order valence-corrected chi connectivity index (χ2v) is 7.63. The maximum atomic E-state index is 12.8. The normalized spacial score (nSPS) is 21.5. The first kappa shape index (κ1) is 18.7. The van der Waals surface area contributed by atoms with E-state index in [1.54, 1.807) is 42.5 Å². The van der Waals surface area contributed by atoms with Gasteiger partial charge in [0.05, 0.1) is 23.1 Å². The van der Waals surface area contributed by atoms with Crippen LogP contribution in [-0.4, -0.2) is 17.8 Å². The second-order valence-electron chi connectivity index (χ2n) is 7.23. The van der Waals surface area contributed by atoms with Crippen molar-refractivity contribution in [3.8, 4) is 0 Å². The third-order valence-electron chi connectivity index (χ3n) is 5.50. The van der Waals surface area contributed by atoms with Crippen LogP contribution in [0.4, 0.5) is 5.69 Å².